The molecule has 0 aliphatic rings. The number of carbonyl (C=O) groups is 1. The maximum atomic E-state index is 12.0. The van der Waals surface area contributed by atoms with E-state index >= 15 is 0 Å². The van der Waals surface area contributed by atoms with Gasteiger partial charge in [-0.05, 0) is 17.8 Å². The van der Waals surface area contributed by atoms with E-state index in [-0.39, 0.29) is 17.2 Å². The zero-order chi connectivity index (χ0) is 13.6. The zero-order valence-electron chi connectivity index (χ0n) is 11.7. The Balaban J connectivity index is 4.38. The van der Waals surface area contributed by atoms with E-state index in [1.54, 1.807) is 0 Å². The number of hydrogen-bond acceptors (Lipinski definition) is 2. The molecule has 0 bridgehead atoms. The summed E-state index contributed by atoms with van der Waals surface area (Å²) >= 11 is 4.93. The van der Waals surface area contributed by atoms with Gasteiger partial charge in [0.15, 0.2) is 0 Å². The van der Waals surface area contributed by atoms with Crippen LogP contribution in [0.4, 0.5) is 0 Å². The van der Waals surface area contributed by atoms with Gasteiger partial charge >= 0.3 is 0 Å². The number of nitrogens with one attached hydrogen (secondary N) is 1. The monoisotopic (exact) mass is 258 g/mol. The fraction of sp³-hybridized carbons (Fsp3) is 0.846. The Bertz CT molecular complexity index is 275. The Morgan fingerprint density at radius 2 is 1.94 bits per heavy atom. The van der Waals surface area contributed by atoms with Gasteiger partial charge in [-0.15, -0.1) is 0 Å². The van der Waals surface area contributed by atoms with Crippen molar-refractivity contribution in [1.29, 1.82) is 0 Å². The highest BCUT2D eigenvalue weighted by molar-refractivity contribution is 7.80. The molecule has 0 aromatic heterocycles. The summed E-state index contributed by atoms with van der Waals surface area (Å²) in [6.45, 7) is 11.3. The smallest absolute Gasteiger partial charge is 0.229 e. The van der Waals surface area contributed by atoms with Crippen molar-refractivity contribution in [3.8, 4) is 0 Å². The van der Waals surface area contributed by atoms with Crippen LogP contribution in [0.15, 0.2) is 0 Å². The van der Waals surface area contributed by atoms with Crippen LogP contribution in [-0.2, 0) is 4.79 Å². The lowest BCUT2D eigenvalue weighted by Crippen LogP contribution is -2.43. The van der Waals surface area contributed by atoms with Gasteiger partial charge in [0.05, 0.1) is 10.9 Å². The average molecular weight is 258 g/mol. The molecule has 4 heteroatoms. The van der Waals surface area contributed by atoms with E-state index in [0.29, 0.717) is 17.5 Å². The molecule has 0 saturated carbocycles. The molecule has 0 aromatic carbocycles. The minimum absolute atomic E-state index is 0.0342. The quantitative estimate of drug-likeness (QED) is 0.690. The number of amides is 1. The number of nitrogens with two attached hydrogens (primary N) is 1. The first kappa shape index (κ1) is 16.4. The second kappa shape index (κ2) is 6.94. The van der Waals surface area contributed by atoms with E-state index in [4.69, 9.17) is 18.0 Å². The molecule has 0 saturated heterocycles. The summed E-state index contributed by atoms with van der Waals surface area (Å²) in [5.41, 5.74) is 5.68. The predicted molar refractivity (Wildman–Crippen MR) is 76.8 cm³/mol. The Morgan fingerprint density at radius 1 is 1.41 bits per heavy atom. The lowest BCUT2D eigenvalue weighted by Gasteiger charge is -2.30. The van der Waals surface area contributed by atoms with Crippen molar-refractivity contribution in [3.63, 3.8) is 0 Å². The molecule has 0 aliphatic carbocycles. The maximum Gasteiger partial charge on any atom is 0.229 e. The van der Waals surface area contributed by atoms with Crippen LogP contribution in [0.25, 0.3) is 0 Å². The third kappa shape index (κ3) is 5.48. The third-order valence-electron chi connectivity index (χ3n) is 3.52. The number of thiocarbonyl (C=S) groups is 1. The third-order valence-corrected chi connectivity index (χ3v) is 3.80. The van der Waals surface area contributed by atoms with Crippen molar-refractivity contribution < 1.29 is 4.79 Å². The number of carbonyl (C=O) groups excluding carboxylic acids is 1. The van der Waals surface area contributed by atoms with Gasteiger partial charge in [-0.25, -0.2) is 0 Å². The average Bonchev–Trinajstić information content (AvgIpc) is 2.22. The van der Waals surface area contributed by atoms with Crippen LogP contribution in [0.1, 0.15) is 47.5 Å². The second-order valence-corrected chi connectivity index (χ2v) is 6.08. The van der Waals surface area contributed by atoms with Crippen molar-refractivity contribution in [1.82, 2.24) is 5.32 Å². The van der Waals surface area contributed by atoms with Crippen LogP contribution in [-0.4, -0.2) is 17.4 Å². The van der Waals surface area contributed by atoms with E-state index in [2.05, 4.69) is 33.0 Å². The molecule has 0 fully saturated rings. The van der Waals surface area contributed by atoms with Gasteiger partial charge in [0, 0.05) is 6.54 Å². The van der Waals surface area contributed by atoms with Crippen molar-refractivity contribution in [2.75, 3.05) is 6.54 Å². The molecule has 100 valence electrons. The summed E-state index contributed by atoms with van der Waals surface area (Å²) in [6.07, 6.45) is 1.63. The van der Waals surface area contributed by atoms with Crippen molar-refractivity contribution in [3.05, 3.63) is 0 Å². The largest absolute Gasteiger partial charge is 0.393 e. The van der Waals surface area contributed by atoms with Gasteiger partial charge in [-0.2, -0.15) is 0 Å². The molecule has 0 aliphatic heterocycles. The standard InChI is InChI=1S/C13H26N2OS/c1-6-7-10(11(14)17)12(16)15-8-13(4,5)9(2)3/h9-10H,6-8H2,1-5H3,(H2,14,17)(H,15,16). The molecule has 0 rings (SSSR count). The van der Waals surface area contributed by atoms with Crippen molar-refractivity contribution in [2.45, 2.75) is 47.5 Å². The van der Waals surface area contributed by atoms with Gasteiger partial charge in [-0.3, -0.25) is 4.79 Å². The second-order valence-electron chi connectivity index (χ2n) is 5.60. The van der Waals surface area contributed by atoms with Crippen molar-refractivity contribution >= 4 is 23.1 Å². The van der Waals surface area contributed by atoms with Crippen LogP contribution >= 0.6 is 12.2 Å². The van der Waals surface area contributed by atoms with E-state index in [1.165, 1.54) is 0 Å². The van der Waals surface area contributed by atoms with E-state index < -0.39 is 0 Å². The Kier molecular flexibility index (Phi) is 6.68. The Labute approximate surface area is 111 Å². The summed E-state index contributed by atoms with van der Waals surface area (Å²) in [5, 5.41) is 2.96. The van der Waals surface area contributed by atoms with Crippen LogP contribution < -0.4 is 11.1 Å². The molecular formula is C13H26N2OS. The van der Waals surface area contributed by atoms with Crippen LogP contribution in [0.5, 0.6) is 0 Å². The topological polar surface area (TPSA) is 55.1 Å². The van der Waals surface area contributed by atoms with Crippen molar-refractivity contribution in [2.24, 2.45) is 23.0 Å². The molecule has 3 N–H and O–H groups in total. The summed E-state index contributed by atoms with van der Waals surface area (Å²) in [5.74, 6) is 0.156. The molecule has 1 atom stereocenters. The molecule has 0 heterocycles. The molecular weight excluding hydrogens is 232 g/mol. The fourth-order valence-corrected chi connectivity index (χ4v) is 1.56. The highest BCUT2D eigenvalue weighted by atomic mass is 32.1. The SMILES string of the molecule is CCCC(C(=O)NCC(C)(C)C(C)C)C(N)=S. The first-order valence-electron chi connectivity index (χ1n) is 6.29. The van der Waals surface area contributed by atoms with Gasteiger partial charge < -0.3 is 11.1 Å². The zero-order valence-corrected chi connectivity index (χ0v) is 12.5. The highest BCUT2D eigenvalue weighted by Crippen LogP contribution is 2.24. The molecule has 1 unspecified atom stereocenters. The lowest BCUT2D eigenvalue weighted by molar-refractivity contribution is -0.123. The first-order valence-corrected chi connectivity index (χ1v) is 6.70. The predicted octanol–water partition coefficient (Wildman–Crippen LogP) is 2.49. The first-order chi connectivity index (χ1) is 7.72. The lowest BCUT2D eigenvalue weighted by atomic mass is 9.81. The summed E-state index contributed by atoms with van der Waals surface area (Å²) in [4.78, 5) is 12.3. The van der Waals surface area contributed by atoms with E-state index in [0.717, 1.165) is 12.8 Å². The van der Waals surface area contributed by atoms with Gasteiger partial charge in [0.1, 0.15) is 0 Å². The number of hydrogen-bond donors (Lipinski definition) is 2. The summed E-state index contributed by atoms with van der Waals surface area (Å²) in [7, 11) is 0. The van der Waals surface area contributed by atoms with E-state index in [9.17, 15) is 4.79 Å². The highest BCUT2D eigenvalue weighted by Gasteiger charge is 2.26. The van der Waals surface area contributed by atoms with Crippen LogP contribution in [0.2, 0.25) is 0 Å². The van der Waals surface area contributed by atoms with Crippen LogP contribution in [0.3, 0.4) is 0 Å². The molecule has 0 spiro atoms. The summed E-state index contributed by atoms with van der Waals surface area (Å²) in [6, 6.07) is 0. The fourth-order valence-electron chi connectivity index (χ4n) is 1.33. The maximum absolute atomic E-state index is 12.0. The number of rotatable bonds is 7. The minimum Gasteiger partial charge on any atom is -0.393 e. The Morgan fingerprint density at radius 3 is 2.29 bits per heavy atom. The van der Waals surface area contributed by atoms with Gasteiger partial charge in [0.25, 0.3) is 0 Å². The molecule has 1 amide bonds. The summed E-state index contributed by atoms with van der Waals surface area (Å²) < 4.78 is 0. The Hall–Kier alpha value is -0.640. The molecule has 17 heavy (non-hydrogen) atoms. The molecule has 3 nitrogen and oxygen atoms in total. The molecule has 0 aromatic rings. The van der Waals surface area contributed by atoms with Crippen LogP contribution in [0, 0.1) is 17.3 Å². The minimum atomic E-state index is -0.321. The normalized spacial score (nSPS) is 13.5. The molecule has 0 radical (unpaired) electrons. The van der Waals surface area contributed by atoms with Gasteiger partial charge in [-0.1, -0.05) is 53.3 Å². The van der Waals surface area contributed by atoms with Gasteiger partial charge in [0.2, 0.25) is 5.91 Å². The van der Waals surface area contributed by atoms with E-state index in [1.807, 2.05) is 6.92 Å².